The SMILES string of the molecule is CC(=O)O[C@H]1[C@H]2[C@H]([C@@H]3[C@@H](OC(=O)c4ccc5c(c4)C(=O)c4ccccc4C5=O)[C@@H]4[C@H]([C@H](C)C=C5OC(=O)[C@@](C)(O)[C@@]54C)[C@@]3(C)[C@H]1OC(C)=O)[C@@H](O)C(=O)[C@H]1C[C@@H]3O[C@@H]3[C@H](OC(C)=O)[C@]21C. The van der Waals surface area contributed by atoms with Gasteiger partial charge in [-0.25, -0.2) is 9.59 Å². The number of benzene rings is 2. The molecule has 8 aliphatic rings. The predicted molar refractivity (Wildman–Crippen MR) is 219 cm³/mol. The molecule has 2 N–H and O–H groups in total. The van der Waals surface area contributed by atoms with Crippen LogP contribution < -0.4 is 0 Å². The number of rotatable bonds is 5. The highest BCUT2D eigenvalue weighted by atomic mass is 16.6. The molecule has 2 saturated heterocycles. The number of aliphatic hydroxyl groups excluding tert-OH is 1. The van der Waals surface area contributed by atoms with Gasteiger partial charge in [0.2, 0.25) is 0 Å². The summed E-state index contributed by atoms with van der Waals surface area (Å²) in [6, 6.07) is 10.3. The van der Waals surface area contributed by atoms with Crippen molar-refractivity contribution in [1.82, 2.24) is 0 Å². The van der Waals surface area contributed by atoms with Gasteiger partial charge < -0.3 is 38.6 Å². The van der Waals surface area contributed by atoms with E-state index < -0.39 is 153 Å². The molecule has 18 atom stereocenters. The number of fused-ring (bicyclic) bond motifs is 12. The Morgan fingerprint density at radius 3 is 1.92 bits per heavy atom. The Bertz CT molecular complexity index is 2590. The molecule has 0 aromatic heterocycles. The second-order valence-corrected chi connectivity index (χ2v) is 20.2. The van der Waals surface area contributed by atoms with Gasteiger partial charge in [0.1, 0.15) is 42.4 Å². The van der Waals surface area contributed by atoms with Gasteiger partial charge >= 0.3 is 29.8 Å². The molecule has 2 aromatic rings. The third kappa shape index (κ3) is 5.53. The van der Waals surface area contributed by atoms with Crippen LogP contribution >= 0.6 is 0 Å². The number of hydrogen-bond acceptors (Lipinski definition) is 16. The van der Waals surface area contributed by atoms with Crippen molar-refractivity contribution in [3.05, 3.63) is 82.1 Å². The lowest BCUT2D eigenvalue weighted by Crippen LogP contribution is -2.74. The van der Waals surface area contributed by atoms with E-state index in [1.54, 1.807) is 45.0 Å². The molecule has 0 spiro atoms. The minimum Gasteiger partial charge on any atom is -0.459 e. The molecule has 6 aliphatic carbocycles. The quantitative estimate of drug-likeness (QED) is 0.212. The lowest BCUT2D eigenvalue weighted by Gasteiger charge is -2.65. The Morgan fingerprint density at radius 2 is 1.29 bits per heavy atom. The number of aliphatic hydroxyl groups is 2. The van der Waals surface area contributed by atoms with Crippen LogP contribution in [0, 0.1) is 57.7 Å². The van der Waals surface area contributed by atoms with E-state index in [1.165, 1.54) is 52.0 Å². The molecule has 2 aromatic carbocycles. The van der Waals surface area contributed by atoms with Crippen LogP contribution in [-0.4, -0.2) is 106 Å². The number of hydrogen-bond donors (Lipinski definition) is 2. The maximum absolute atomic E-state index is 15.0. The Kier molecular flexibility index (Phi) is 9.31. The molecule has 2 aliphatic heterocycles. The van der Waals surface area contributed by atoms with Crippen LogP contribution in [0.4, 0.5) is 0 Å². The van der Waals surface area contributed by atoms with E-state index in [1.807, 2.05) is 6.92 Å². The van der Waals surface area contributed by atoms with Gasteiger partial charge in [-0.2, -0.15) is 0 Å². The average Bonchev–Trinajstić information content (AvgIpc) is 3.93. The normalized spacial score (nSPS) is 43.6. The summed E-state index contributed by atoms with van der Waals surface area (Å²) in [6.07, 6.45) is -6.47. The van der Waals surface area contributed by atoms with Gasteiger partial charge in [0.15, 0.2) is 23.0 Å². The highest BCUT2D eigenvalue weighted by Crippen LogP contribution is 2.76. The molecule has 0 bridgehead atoms. The average molecular weight is 895 g/mol. The molecule has 65 heavy (non-hydrogen) atoms. The smallest absolute Gasteiger partial charge is 0.343 e. The summed E-state index contributed by atoms with van der Waals surface area (Å²) in [5.74, 6) is -12.7. The summed E-state index contributed by atoms with van der Waals surface area (Å²) in [4.78, 5) is 111. The van der Waals surface area contributed by atoms with Crippen LogP contribution in [0.1, 0.15) is 104 Å². The number of allylic oxidation sites excluding steroid dienone is 1. The van der Waals surface area contributed by atoms with E-state index >= 15 is 4.79 Å². The van der Waals surface area contributed by atoms with Crippen molar-refractivity contribution in [3.63, 3.8) is 0 Å². The Morgan fingerprint density at radius 1 is 0.708 bits per heavy atom. The molecule has 16 nitrogen and oxygen atoms in total. The molecule has 10 rings (SSSR count). The summed E-state index contributed by atoms with van der Waals surface area (Å²) in [5.41, 5.74) is -6.58. The summed E-state index contributed by atoms with van der Waals surface area (Å²) in [6.45, 7) is 11.8. The zero-order valence-electron chi connectivity index (χ0n) is 37.0. The molecule has 2 heterocycles. The second-order valence-electron chi connectivity index (χ2n) is 20.2. The molecule has 4 saturated carbocycles. The second kappa shape index (κ2) is 14.0. The van der Waals surface area contributed by atoms with Crippen LogP contribution in [0.15, 0.2) is 54.3 Å². The number of carbonyl (C=O) groups excluding carboxylic acids is 8. The Hall–Kier alpha value is -5.58. The summed E-state index contributed by atoms with van der Waals surface area (Å²) in [5, 5.41) is 25.0. The van der Waals surface area contributed by atoms with E-state index in [0.717, 1.165) is 0 Å². The van der Waals surface area contributed by atoms with Crippen LogP contribution in [-0.2, 0) is 52.4 Å². The maximum Gasteiger partial charge on any atom is 0.343 e. The fourth-order valence-electron chi connectivity index (χ4n) is 14.5. The highest BCUT2D eigenvalue weighted by molar-refractivity contribution is 6.28. The molecular weight excluding hydrogens is 845 g/mol. The topological polar surface area (TPSA) is 236 Å². The van der Waals surface area contributed by atoms with Gasteiger partial charge in [0.25, 0.3) is 0 Å². The van der Waals surface area contributed by atoms with Gasteiger partial charge in [-0.1, -0.05) is 45.0 Å². The number of carbonyl (C=O) groups is 8. The fourth-order valence-corrected chi connectivity index (χ4v) is 14.5. The summed E-state index contributed by atoms with van der Waals surface area (Å²) in [7, 11) is 0. The number of ether oxygens (including phenoxy) is 6. The Balaban J connectivity index is 1.20. The van der Waals surface area contributed by atoms with Crippen molar-refractivity contribution >= 4 is 47.2 Å². The third-order valence-electron chi connectivity index (χ3n) is 17.2. The van der Waals surface area contributed by atoms with E-state index in [0.29, 0.717) is 0 Å². The summed E-state index contributed by atoms with van der Waals surface area (Å²) >= 11 is 0. The van der Waals surface area contributed by atoms with Gasteiger partial charge in [0, 0.05) is 83.4 Å². The lowest BCUT2D eigenvalue weighted by molar-refractivity contribution is -0.272. The lowest BCUT2D eigenvalue weighted by atomic mass is 9.41. The van der Waals surface area contributed by atoms with Crippen LogP contribution in [0.5, 0.6) is 0 Å². The largest absolute Gasteiger partial charge is 0.459 e. The first kappa shape index (κ1) is 43.3. The van der Waals surface area contributed by atoms with Crippen molar-refractivity contribution in [1.29, 1.82) is 0 Å². The monoisotopic (exact) mass is 894 g/mol. The summed E-state index contributed by atoms with van der Waals surface area (Å²) < 4.78 is 37.2. The molecule has 342 valence electrons. The van der Waals surface area contributed by atoms with Crippen LogP contribution in [0.3, 0.4) is 0 Å². The van der Waals surface area contributed by atoms with E-state index in [9.17, 15) is 43.8 Å². The molecular formula is C49H50O16. The molecule has 0 amide bonds. The Labute approximate surface area is 373 Å². The molecule has 0 unspecified atom stereocenters. The van der Waals surface area contributed by atoms with Crippen molar-refractivity contribution in [2.45, 2.75) is 110 Å². The van der Waals surface area contributed by atoms with Crippen molar-refractivity contribution in [2.24, 2.45) is 57.7 Å². The van der Waals surface area contributed by atoms with E-state index in [2.05, 4.69) is 0 Å². The van der Waals surface area contributed by atoms with Crippen LogP contribution in [0.2, 0.25) is 0 Å². The van der Waals surface area contributed by atoms with Crippen molar-refractivity contribution < 1.29 is 77.0 Å². The fraction of sp³-hybridized carbons (Fsp3) is 0.551. The van der Waals surface area contributed by atoms with Gasteiger partial charge in [0.05, 0.1) is 17.1 Å². The first-order valence-corrected chi connectivity index (χ1v) is 22.1. The predicted octanol–water partition coefficient (Wildman–Crippen LogP) is 3.48. The van der Waals surface area contributed by atoms with Crippen molar-refractivity contribution in [3.8, 4) is 0 Å². The zero-order valence-corrected chi connectivity index (χ0v) is 37.0. The number of ketones is 3. The molecule has 0 radical (unpaired) electrons. The number of Topliss-reactive ketones (excluding diaryl/α,β-unsaturated/α-hetero) is 1. The number of epoxide rings is 1. The van der Waals surface area contributed by atoms with Gasteiger partial charge in [-0.15, -0.1) is 0 Å². The van der Waals surface area contributed by atoms with E-state index in [-0.39, 0.29) is 40.0 Å². The van der Waals surface area contributed by atoms with Gasteiger partial charge in [-0.05, 0) is 56.4 Å². The number of esters is 5. The standard InChI is InChI=1S/C49H50O16/c1-18-15-29-48(7,49(8,59)45(58)64-29)34-31(18)47(6)32(40(34)65-44(57)22-13-14-25-26(16-22)36(54)24-12-10-9-11-23(24)35(25)53)30-33(41(60-19(2)50)43(47)62-21(4)52)46(5)27(37(55)38(30)56)17-28-39(63-28)42(46)61-20(3)51/h9-16,18,27-28,30-34,38-43,56,59H,17H2,1-8H3/t18-,27-,28+,30+,31+,32-,33-,34+,38-,39+,40-,41+,42+,43+,46+,47-,48+,49-/m1/s1. The molecule has 16 heteroatoms. The minimum absolute atomic E-state index is 0.0305. The third-order valence-corrected chi connectivity index (χ3v) is 17.2. The first-order valence-electron chi connectivity index (χ1n) is 22.1. The van der Waals surface area contributed by atoms with Crippen LogP contribution in [0.25, 0.3) is 0 Å². The van der Waals surface area contributed by atoms with Crippen molar-refractivity contribution in [2.75, 3.05) is 0 Å². The minimum atomic E-state index is -2.26. The zero-order chi connectivity index (χ0) is 46.8. The maximum atomic E-state index is 15.0. The van der Waals surface area contributed by atoms with E-state index in [4.69, 9.17) is 28.4 Å². The van der Waals surface area contributed by atoms with Gasteiger partial charge in [-0.3, -0.25) is 28.8 Å². The first-order chi connectivity index (χ1) is 30.5. The highest BCUT2D eigenvalue weighted by Gasteiger charge is 2.84. The molecule has 6 fully saturated rings.